The van der Waals surface area contributed by atoms with Crippen LogP contribution in [0.1, 0.15) is 51.0 Å². The van der Waals surface area contributed by atoms with E-state index in [1.807, 2.05) is 30.3 Å². The van der Waals surface area contributed by atoms with Crippen LogP contribution in [0.25, 0.3) is 11.1 Å². The van der Waals surface area contributed by atoms with E-state index in [-0.39, 0.29) is 18.9 Å². The van der Waals surface area contributed by atoms with Crippen molar-refractivity contribution in [2.45, 2.75) is 40.0 Å². The highest BCUT2D eigenvalue weighted by Crippen LogP contribution is 2.31. The highest BCUT2D eigenvalue weighted by atomic mass is 32.1. The molecule has 0 fully saturated rings. The van der Waals surface area contributed by atoms with Gasteiger partial charge in [0.05, 0.1) is 29.5 Å². The molecular formula is C28H30N2O4S. The van der Waals surface area contributed by atoms with Gasteiger partial charge in [0.15, 0.2) is 0 Å². The summed E-state index contributed by atoms with van der Waals surface area (Å²) in [7, 11) is 0. The zero-order valence-corrected chi connectivity index (χ0v) is 21.1. The molecule has 1 amide bonds. The Hall–Kier alpha value is -3.63. The van der Waals surface area contributed by atoms with Gasteiger partial charge in [-0.15, -0.1) is 11.3 Å². The number of hydrogen-bond acceptors (Lipinski definition) is 5. The number of rotatable bonds is 11. The summed E-state index contributed by atoms with van der Waals surface area (Å²) in [6.07, 6.45) is 1.70. The van der Waals surface area contributed by atoms with Gasteiger partial charge in [-0.3, -0.25) is 9.59 Å². The third kappa shape index (κ3) is 7.43. The van der Waals surface area contributed by atoms with Crippen LogP contribution in [-0.2, 0) is 11.2 Å². The van der Waals surface area contributed by atoms with Crippen molar-refractivity contribution in [1.29, 1.82) is 5.26 Å². The molecule has 0 saturated carbocycles. The number of carbonyl (C=O) groups is 2. The summed E-state index contributed by atoms with van der Waals surface area (Å²) in [4.78, 5) is 24.4. The van der Waals surface area contributed by atoms with Gasteiger partial charge in [-0.05, 0) is 91.3 Å². The van der Waals surface area contributed by atoms with Crippen molar-refractivity contribution < 1.29 is 19.4 Å². The average molecular weight is 491 g/mol. The molecule has 0 spiro atoms. The van der Waals surface area contributed by atoms with E-state index in [0.717, 1.165) is 45.7 Å². The lowest BCUT2D eigenvalue weighted by Crippen LogP contribution is -2.25. The number of nitrogens with one attached hydrogen (secondary N) is 1. The molecule has 1 unspecified atom stereocenters. The van der Waals surface area contributed by atoms with Crippen LogP contribution in [0.5, 0.6) is 5.75 Å². The van der Waals surface area contributed by atoms with Gasteiger partial charge in [-0.1, -0.05) is 19.1 Å². The number of amides is 1. The zero-order chi connectivity index (χ0) is 25.4. The number of ether oxygens (including phenoxy) is 1. The van der Waals surface area contributed by atoms with Crippen molar-refractivity contribution in [3.8, 4) is 22.9 Å². The van der Waals surface area contributed by atoms with E-state index in [0.29, 0.717) is 23.0 Å². The van der Waals surface area contributed by atoms with Crippen LogP contribution < -0.4 is 10.1 Å². The summed E-state index contributed by atoms with van der Waals surface area (Å²) >= 11 is 1.44. The molecule has 35 heavy (non-hydrogen) atoms. The molecule has 182 valence electrons. The number of benzene rings is 2. The average Bonchev–Trinajstić information content (AvgIpc) is 3.30. The van der Waals surface area contributed by atoms with Crippen molar-refractivity contribution in [1.82, 2.24) is 5.32 Å². The van der Waals surface area contributed by atoms with Gasteiger partial charge in [0, 0.05) is 11.4 Å². The SMILES string of the molecule is Cc1cc(OCC(C)CCc2ccc(C(=O)NCCC(=O)O)s2)cc(C)c1-c1ccc(C#N)cc1. The Kier molecular flexibility index (Phi) is 9.04. The Morgan fingerprint density at radius 3 is 2.43 bits per heavy atom. The van der Waals surface area contributed by atoms with Crippen LogP contribution in [-0.4, -0.2) is 30.1 Å². The number of aryl methyl sites for hydroxylation is 3. The van der Waals surface area contributed by atoms with Crippen LogP contribution in [0.2, 0.25) is 0 Å². The van der Waals surface area contributed by atoms with Gasteiger partial charge < -0.3 is 15.2 Å². The molecule has 0 aliphatic carbocycles. The normalized spacial score (nSPS) is 11.5. The largest absolute Gasteiger partial charge is 0.493 e. The molecule has 1 atom stereocenters. The summed E-state index contributed by atoms with van der Waals surface area (Å²) in [6, 6.07) is 17.6. The third-order valence-electron chi connectivity index (χ3n) is 5.74. The van der Waals surface area contributed by atoms with Gasteiger partial charge in [-0.2, -0.15) is 5.26 Å². The molecule has 1 heterocycles. The minimum Gasteiger partial charge on any atom is -0.493 e. The number of carbonyl (C=O) groups excluding carboxylic acids is 1. The Morgan fingerprint density at radius 2 is 1.80 bits per heavy atom. The Balaban J connectivity index is 1.50. The number of nitrogens with zero attached hydrogens (tertiary/aromatic N) is 1. The number of carboxylic acids is 1. The first-order valence-electron chi connectivity index (χ1n) is 11.6. The molecule has 2 N–H and O–H groups in total. The van der Waals surface area contributed by atoms with Crippen molar-refractivity contribution in [3.05, 3.63) is 75.0 Å². The van der Waals surface area contributed by atoms with Gasteiger partial charge in [-0.25, -0.2) is 0 Å². The summed E-state index contributed by atoms with van der Waals surface area (Å²) in [5, 5.41) is 20.3. The summed E-state index contributed by atoms with van der Waals surface area (Å²) in [6.45, 7) is 7.02. The van der Waals surface area contributed by atoms with Gasteiger partial charge in [0.1, 0.15) is 5.75 Å². The van der Waals surface area contributed by atoms with Crippen LogP contribution in [0, 0.1) is 31.1 Å². The number of aliphatic carboxylic acids is 1. The van der Waals surface area contributed by atoms with Gasteiger partial charge >= 0.3 is 5.97 Å². The maximum Gasteiger partial charge on any atom is 0.305 e. The molecule has 2 aromatic carbocycles. The molecule has 7 heteroatoms. The van der Waals surface area contributed by atoms with E-state index < -0.39 is 5.97 Å². The lowest BCUT2D eigenvalue weighted by molar-refractivity contribution is -0.136. The topological polar surface area (TPSA) is 99.4 Å². The Morgan fingerprint density at radius 1 is 1.11 bits per heavy atom. The standard InChI is InChI=1S/C28H30N2O4S/c1-18(4-9-24-10-11-25(35-24)28(33)30-13-12-26(31)32)17-34-23-14-19(2)27(20(3)15-23)22-7-5-21(16-29)6-8-22/h5-8,10-11,14-15,18H,4,9,12-13,17H2,1-3H3,(H,30,33)(H,31,32). The second-order valence-electron chi connectivity index (χ2n) is 8.74. The van der Waals surface area contributed by atoms with Crippen molar-refractivity contribution in [2.24, 2.45) is 5.92 Å². The van der Waals surface area contributed by atoms with Crippen molar-refractivity contribution in [3.63, 3.8) is 0 Å². The maximum atomic E-state index is 12.1. The summed E-state index contributed by atoms with van der Waals surface area (Å²) in [5.74, 6) is 0.0273. The van der Waals surface area contributed by atoms with Crippen LogP contribution in [0.3, 0.4) is 0 Å². The fourth-order valence-electron chi connectivity index (χ4n) is 3.89. The second-order valence-corrected chi connectivity index (χ2v) is 9.91. The summed E-state index contributed by atoms with van der Waals surface area (Å²) in [5.41, 5.74) is 5.16. The smallest absolute Gasteiger partial charge is 0.305 e. The monoisotopic (exact) mass is 490 g/mol. The number of hydrogen-bond donors (Lipinski definition) is 2. The highest BCUT2D eigenvalue weighted by Gasteiger charge is 2.12. The molecule has 3 rings (SSSR count). The molecule has 1 aromatic heterocycles. The van der Waals surface area contributed by atoms with Crippen molar-refractivity contribution >= 4 is 23.2 Å². The predicted octanol–water partition coefficient (Wildman–Crippen LogP) is 5.76. The lowest BCUT2D eigenvalue weighted by atomic mass is 9.95. The van der Waals surface area contributed by atoms with E-state index in [1.54, 1.807) is 6.07 Å². The van der Waals surface area contributed by atoms with E-state index >= 15 is 0 Å². The quantitative estimate of drug-likeness (QED) is 0.356. The molecule has 0 radical (unpaired) electrons. The molecule has 3 aromatic rings. The first-order valence-corrected chi connectivity index (χ1v) is 12.4. The van der Waals surface area contributed by atoms with Crippen molar-refractivity contribution in [2.75, 3.05) is 13.2 Å². The number of nitriles is 1. The van der Waals surface area contributed by atoms with E-state index in [2.05, 4.69) is 44.3 Å². The molecule has 0 aliphatic rings. The van der Waals surface area contributed by atoms with Crippen LogP contribution in [0.15, 0.2) is 48.5 Å². The van der Waals surface area contributed by atoms with E-state index in [9.17, 15) is 9.59 Å². The molecule has 0 bridgehead atoms. The summed E-state index contributed by atoms with van der Waals surface area (Å²) < 4.78 is 6.10. The first-order chi connectivity index (χ1) is 16.8. The van der Waals surface area contributed by atoms with E-state index in [4.69, 9.17) is 15.1 Å². The lowest BCUT2D eigenvalue weighted by Gasteiger charge is -2.16. The fourth-order valence-corrected chi connectivity index (χ4v) is 4.83. The highest BCUT2D eigenvalue weighted by molar-refractivity contribution is 7.14. The number of carboxylic acid groups (broad SMARTS) is 1. The van der Waals surface area contributed by atoms with E-state index in [1.165, 1.54) is 11.3 Å². The molecule has 0 aliphatic heterocycles. The van der Waals surface area contributed by atoms with Crippen LogP contribution in [0.4, 0.5) is 0 Å². The minimum atomic E-state index is -0.930. The third-order valence-corrected chi connectivity index (χ3v) is 6.88. The molecule has 0 saturated heterocycles. The maximum absolute atomic E-state index is 12.1. The van der Waals surface area contributed by atoms with Crippen LogP contribution >= 0.6 is 11.3 Å². The Labute approximate surface area is 210 Å². The van der Waals surface area contributed by atoms with Gasteiger partial charge in [0.25, 0.3) is 5.91 Å². The number of thiophene rings is 1. The predicted molar refractivity (Wildman–Crippen MR) is 138 cm³/mol. The van der Waals surface area contributed by atoms with Gasteiger partial charge in [0.2, 0.25) is 0 Å². The Bertz CT molecular complexity index is 1200. The minimum absolute atomic E-state index is 0.0846. The first kappa shape index (κ1) is 26.0. The molecular weight excluding hydrogens is 460 g/mol. The molecule has 6 nitrogen and oxygen atoms in total. The second kappa shape index (κ2) is 12.2. The zero-order valence-electron chi connectivity index (χ0n) is 20.3. The fraction of sp³-hybridized carbons (Fsp3) is 0.321.